The molecule has 30 heavy (non-hydrogen) atoms. The van der Waals surface area contributed by atoms with Gasteiger partial charge in [-0.25, -0.2) is 14.4 Å². The predicted molar refractivity (Wildman–Crippen MR) is 117 cm³/mol. The third-order valence-corrected chi connectivity index (χ3v) is 4.73. The first kappa shape index (κ1) is 21.2. The zero-order chi connectivity index (χ0) is 20.4. The van der Waals surface area contributed by atoms with Crippen LogP contribution in [0, 0.1) is 5.82 Å². The van der Waals surface area contributed by atoms with Crippen molar-refractivity contribution in [1.82, 2.24) is 24.7 Å². The van der Waals surface area contributed by atoms with Crippen molar-refractivity contribution < 1.29 is 4.39 Å². The van der Waals surface area contributed by atoms with Crippen molar-refractivity contribution in [3.63, 3.8) is 0 Å². The fourth-order valence-electron chi connectivity index (χ4n) is 3.31. The minimum Gasteiger partial charge on any atom is -0.383 e. The molecule has 7 nitrogen and oxygen atoms in total. The number of benzene rings is 1. The van der Waals surface area contributed by atoms with Gasteiger partial charge in [0.2, 0.25) is 0 Å². The second-order valence-corrected chi connectivity index (χ2v) is 6.75. The normalized spacial score (nSPS) is 11.6. The molecule has 1 aromatic carbocycles. The second kappa shape index (κ2) is 8.87. The maximum absolute atomic E-state index is 13.4. The van der Waals surface area contributed by atoms with Gasteiger partial charge in [-0.1, -0.05) is 19.1 Å². The molecule has 3 heterocycles. The molecule has 4 rings (SSSR count). The number of nitrogens with two attached hydrogens (primary N) is 1. The van der Waals surface area contributed by atoms with Gasteiger partial charge in [-0.15, -0.1) is 12.4 Å². The maximum Gasteiger partial charge on any atom is 0.150 e. The van der Waals surface area contributed by atoms with Crippen LogP contribution < -0.4 is 11.1 Å². The van der Waals surface area contributed by atoms with Gasteiger partial charge in [-0.3, -0.25) is 9.67 Å². The van der Waals surface area contributed by atoms with Crippen LogP contribution in [0.3, 0.4) is 0 Å². The molecule has 0 saturated carbocycles. The molecule has 4 aromatic rings. The van der Waals surface area contributed by atoms with Gasteiger partial charge in [-0.05, 0) is 29.3 Å². The van der Waals surface area contributed by atoms with E-state index in [4.69, 9.17) is 5.73 Å². The van der Waals surface area contributed by atoms with Crippen LogP contribution in [0.2, 0.25) is 0 Å². The third-order valence-electron chi connectivity index (χ3n) is 4.73. The van der Waals surface area contributed by atoms with Crippen molar-refractivity contribution in [3.8, 4) is 11.1 Å². The number of hydrogen-bond acceptors (Lipinski definition) is 6. The van der Waals surface area contributed by atoms with Gasteiger partial charge in [0.1, 0.15) is 23.3 Å². The van der Waals surface area contributed by atoms with Crippen LogP contribution in [-0.2, 0) is 7.05 Å². The van der Waals surface area contributed by atoms with E-state index in [1.54, 1.807) is 41.6 Å². The Morgan fingerprint density at radius 3 is 2.50 bits per heavy atom. The molecule has 0 aliphatic heterocycles. The van der Waals surface area contributed by atoms with E-state index in [2.05, 4.69) is 25.4 Å². The number of nitrogens with one attached hydrogen (secondary N) is 1. The lowest BCUT2D eigenvalue weighted by Crippen LogP contribution is -2.08. The average molecular weight is 426 g/mol. The number of nitrogen functional groups attached to an aromatic ring is 1. The number of aryl methyl sites for hydroxylation is 1. The minimum absolute atomic E-state index is 0. The van der Waals surface area contributed by atoms with Crippen LogP contribution in [0.15, 0.2) is 61.3 Å². The van der Waals surface area contributed by atoms with Gasteiger partial charge < -0.3 is 11.1 Å². The van der Waals surface area contributed by atoms with Crippen molar-refractivity contribution in [1.29, 1.82) is 0 Å². The number of anilines is 3. The number of pyridine rings is 1. The van der Waals surface area contributed by atoms with Crippen LogP contribution in [-0.4, -0.2) is 24.7 Å². The van der Waals surface area contributed by atoms with Crippen molar-refractivity contribution >= 4 is 29.9 Å². The average Bonchev–Trinajstić information content (AvgIpc) is 3.15. The van der Waals surface area contributed by atoms with Crippen LogP contribution >= 0.6 is 12.4 Å². The molecule has 0 radical (unpaired) electrons. The van der Waals surface area contributed by atoms with Gasteiger partial charge in [0, 0.05) is 42.7 Å². The Hall–Kier alpha value is -3.52. The predicted octanol–water partition coefficient (Wildman–Crippen LogP) is 4.31. The number of aromatic nitrogens is 5. The summed E-state index contributed by atoms with van der Waals surface area (Å²) in [5.74, 6) is 1.13. The van der Waals surface area contributed by atoms with Crippen LogP contribution in [0.4, 0.5) is 21.8 Å². The Morgan fingerprint density at radius 1 is 1.10 bits per heavy atom. The third kappa shape index (κ3) is 4.38. The highest BCUT2D eigenvalue weighted by Crippen LogP contribution is 2.38. The molecule has 1 atom stereocenters. The highest BCUT2D eigenvalue weighted by atomic mass is 35.5. The fraction of sp³-hybridized carbons (Fsp3) is 0.143. The molecule has 0 spiro atoms. The second-order valence-electron chi connectivity index (χ2n) is 6.75. The summed E-state index contributed by atoms with van der Waals surface area (Å²) in [7, 11) is 1.86. The summed E-state index contributed by atoms with van der Waals surface area (Å²) in [5, 5.41) is 7.42. The van der Waals surface area contributed by atoms with Crippen molar-refractivity contribution in [2.45, 2.75) is 12.8 Å². The molecule has 0 aliphatic rings. The first-order chi connectivity index (χ1) is 14.0. The first-order valence-electron chi connectivity index (χ1n) is 9.09. The van der Waals surface area contributed by atoms with Crippen LogP contribution in [0.5, 0.6) is 0 Å². The van der Waals surface area contributed by atoms with Crippen molar-refractivity contribution in [2.24, 2.45) is 7.05 Å². The summed E-state index contributed by atoms with van der Waals surface area (Å²) < 4.78 is 15.1. The number of nitrogens with zero attached hydrogens (tertiary/aromatic N) is 5. The zero-order valence-corrected chi connectivity index (χ0v) is 17.3. The van der Waals surface area contributed by atoms with Crippen LogP contribution in [0.1, 0.15) is 24.0 Å². The first-order valence-corrected chi connectivity index (χ1v) is 9.09. The zero-order valence-electron chi connectivity index (χ0n) is 16.5. The van der Waals surface area contributed by atoms with E-state index in [0.29, 0.717) is 17.5 Å². The molecule has 0 bridgehead atoms. The summed E-state index contributed by atoms with van der Waals surface area (Å²) in [6, 6.07) is 8.33. The van der Waals surface area contributed by atoms with Gasteiger partial charge in [0.05, 0.1) is 12.4 Å². The molecule has 9 heteroatoms. The molecule has 3 aromatic heterocycles. The Balaban J connectivity index is 0.00000256. The summed E-state index contributed by atoms with van der Waals surface area (Å²) in [5.41, 5.74) is 10.0. The molecule has 0 amide bonds. The Bertz CT molecular complexity index is 1130. The van der Waals surface area contributed by atoms with Gasteiger partial charge in [0.15, 0.2) is 0 Å². The highest BCUT2D eigenvalue weighted by molar-refractivity contribution is 5.85. The molecular formula is C21H21ClFN7. The lowest BCUT2D eigenvalue weighted by molar-refractivity contribution is 0.626. The van der Waals surface area contributed by atoms with Gasteiger partial charge in [0.25, 0.3) is 0 Å². The maximum atomic E-state index is 13.4. The van der Waals surface area contributed by atoms with E-state index < -0.39 is 0 Å². The van der Waals surface area contributed by atoms with E-state index in [1.165, 1.54) is 12.1 Å². The molecule has 0 fully saturated rings. The van der Waals surface area contributed by atoms with E-state index in [1.807, 2.05) is 26.2 Å². The number of rotatable bonds is 5. The summed E-state index contributed by atoms with van der Waals surface area (Å²) in [4.78, 5) is 12.8. The largest absolute Gasteiger partial charge is 0.383 e. The molecule has 154 valence electrons. The molecule has 3 N–H and O–H groups in total. The summed E-state index contributed by atoms with van der Waals surface area (Å²) in [6.45, 7) is 2.02. The van der Waals surface area contributed by atoms with Gasteiger partial charge in [-0.2, -0.15) is 5.10 Å². The van der Waals surface area contributed by atoms with Gasteiger partial charge >= 0.3 is 0 Å². The molecule has 0 aliphatic carbocycles. The summed E-state index contributed by atoms with van der Waals surface area (Å²) >= 11 is 0. The standard InChI is InChI=1S/C21H20FN7.ClH/c1-13(14-3-5-16(22)6-4-14)20-17(15-10-26-29(2)12-15)9-18(28-21(20)23)27-19-11-24-7-8-25-19;/h3-13H,1-2H3,(H3,23,25,27,28);1H. The lowest BCUT2D eigenvalue weighted by Gasteiger charge is -2.20. The summed E-state index contributed by atoms with van der Waals surface area (Å²) in [6.07, 6.45) is 8.50. The molecular weight excluding hydrogens is 405 g/mol. The number of halogens is 2. The Labute approximate surface area is 179 Å². The minimum atomic E-state index is -0.275. The van der Waals surface area contributed by atoms with E-state index in [-0.39, 0.29) is 24.1 Å². The Kier molecular flexibility index (Phi) is 6.27. The van der Waals surface area contributed by atoms with E-state index in [9.17, 15) is 4.39 Å². The van der Waals surface area contributed by atoms with Crippen LogP contribution in [0.25, 0.3) is 11.1 Å². The number of hydrogen-bond donors (Lipinski definition) is 2. The smallest absolute Gasteiger partial charge is 0.150 e. The lowest BCUT2D eigenvalue weighted by atomic mass is 9.88. The topological polar surface area (TPSA) is 94.5 Å². The van der Waals surface area contributed by atoms with E-state index >= 15 is 0 Å². The quantitative estimate of drug-likeness (QED) is 0.494. The van der Waals surface area contributed by atoms with E-state index in [0.717, 1.165) is 22.3 Å². The fourth-order valence-corrected chi connectivity index (χ4v) is 3.31. The molecule has 1 unspecified atom stereocenters. The molecule has 0 saturated heterocycles. The van der Waals surface area contributed by atoms with Crippen molar-refractivity contribution in [3.05, 3.63) is 78.3 Å². The SMILES string of the molecule is CC(c1ccc(F)cc1)c1c(-c2cnn(C)c2)cc(Nc2cnccn2)nc1N.Cl. The van der Waals surface area contributed by atoms with Crippen molar-refractivity contribution in [2.75, 3.05) is 11.1 Å². The highest BCUT2D eigenvalue weighted by Gasteiger charge is 2.21. The Morgan fingerprint density at radius 2 is 1.87 bits per heavy atom. The monoisotopic (exact) mass is 425 g/mol.